The molecule has 0 spiro atoms. The molecule has 2 heterocycles. The number of anilines is 1. The fourth-order valence-corrected chi connectivity index (χ4v) is 8.19. The first kappa shape index (κ1) is 30.0. The van der Waals surface area contributed by atoms with E-state index in [2.05, 4.69) is 0 Å². The quantitative estimate of drug-likeness (QED) is 0.377. The van der Waals surface area contributed by atoms with Crippen LogP contribution in [-0.4, -0.2) is 79.5 Å². The molecule has 0 amide bonds. The molecule has 0 saturated carbocycles. The zero-order valence-electron chi connectivity index (χ0n) is 23.3. The van der Waals surface area contributed by atoms with Gasteiger partial charge in [-0.05, 0) is 60.0 Å². The van der Waals surface area contributed by atoms with Gasteiger partial charge < -0.3 is 19.1 Å². The Morgan fingerprint density at radius 2 is 1.31 bits per heavy atom. The van der Waals surface area contributed by atoms with Crippen molar-refractivity contribution in [2.45, 2.75) is 22.8 Å². The Morgan fingerprint density at radius 1 is 0.667 bits per heavy atom. The number of sulfonamides is 2. The summed E-state index contributed by atoms with van der Waals surface area (Å²) < 4.78 is 100.0. The molecule has 0 aromatic heterocycles. The highest BCUT2D eigenvalue weighted by molar-refractivity contribution is 7.89. The van der Waals surface area contributed by atoms with Crippen molar-refractivity contribution in [3.63, 3.8) is 0 Å². The number of methoxy groups -OCH3 is 3. The van der Waals surface area contributed by atoms with Crippen LogP contribution in [0.25, 0.3) is 0 Å². The lowest BCUT2D eigenvalue weighted by Crippen LogP contribution is -2.49. The summed E-state index contributed by atoms with van der Waals surface area (Å²) in [6, 6.07) is 10.6. The standard InChI is InChI=1S/C28H31F2N3O7S2/c1-38-25-6-5-22(41(34,35)33-9-8-19-14-26(39-2)27(40-3)15-20(19)18-33)17-24(25)31-10-12-32(13-11-31)42(36,37)28-7-4-21(29)16-23(28)30/h4-7,14-17H,8-13,18H2,1-3H3. The van der Waals surface area contributed by atoms with E-state index in [0.717, 1.165) is 27.6 Å². The summed E-state index contributed by atoms with van der Waals surface area (Å²) in [6.45, 7) is 0.848. The minimum absolute atomic E-state index is 0.00743. The van der Waals surface area contributed by atoms with Gasteiger partial charge in [0.15, 0.2) is 11.5 Å². The van der Waals surface area contributed by atoms with E-state index in [1.54, 1.807) is 19.2 Å². The van der Waals surface area contributed by atoms with Crippen LogP contribution >= 0.6 is 0 Å². The number of piperazine rings is 1. The second kappa shape index (κ2) is 11.7. The molecule has 14 heteroatoms. The fourth-order valence-electron chi connectivity index (χ4n) is 5.28. The van der Waals surface area contributed by atoms with Gasteiger partial charge in [0.2, 0.25) is 20.0 Å². The minimum atomic E-state index is -4.20. The first-order chi connectivity index (χ1) is 20.0. The first-order valence-electron chi connectivity index (χ1n) is 13.1. The maximum Gasteiger partial charge on any atom is 0.246 e. The number of hydrogen-bond donors (Lipinski definition) is 0. The molecule has 0 atom stereocenters. The predicted octanol–water partition coefficient (Wildman–Crippen LogP) is 3.25. The van der Waals surface area contributed by atoms with Gasteiger partial charge in [-0.2, -0.15) is 8.61 Å². The van der Waals surface area contributed by atoms with Crippen molar-refractivity contribution in [2.75, 3.05) is 59.0 Å². The third-order valence-corrected chi connectivity index (χ3v) is 11.3. The van der Waals surface area contributed by atoms with Crippen molar-refractivity contribution in [1.82, 2.24) is 8.61 Å². The first-order valence-corrected chi connectivity index (χ1v) is 16.0. The summed E-state index contributed by atoms with van der Waals surface area (Å²) in [5.41, 5.74) is 2.31. The molecule has 2 aliphatic heterocycles. The van der Waals surface area contributed by atoms with Gasteiger partial charge in [0.25, 0.3) is 0 Å². The second-order valence-electron chi connectivity index (χ2n) is 9.86. The molecule has 10 nitrogen and oxygen atoms in total. The van der Waals surface area contributed by atoms with Crippen LogP contribution in [0, 0.1) is 11.6 Å². The molecule has 0 unspecified atom stereocenters. The van der Waals surface area contributed by atoms with Crippen molar-refractivity contribution in [3.8, 4) is 17.2 Å². The summed E-state index contributed by atoms with van der Waals surface area (Å²) >= 11 is 0. The topological polar surface area (TPSA) is 106 Å². The maximum absolute atomic E-state index is 14.3. The molecule has 0 aliphatic carbocycles. The fraction of sp³-hybridized carbons (Fsp3) is 0.357. The lowest BCUT2D eigenvalue weighted by Gasteiger charge is -2.36. The average Bonchev–Trinajstić information content (AvgIpc) is 2.99. The third-order valence-electron chi connectivity index (χ3n) is 7.56. The molecule has 1 fully saturated rings. The van der Waals surface area contributed by atoms with Gasteiger partial charge >= 0.3 is 0 Å². The Bertz CT molecular complexity index is 1710. The van der Waals surface area contributed by atoms with Gasteiger partial charge in [-0.15, -0.1) is 0 Å². The van der Waals surface area contributed by atoms with Gasteiger partial charge in [0, 0.05) is 45.3 Å². The summed E-state index contributed by atoms with van der Waals surface area (Å²) in [6.07, 6.45) is 0.503. The lowest BCUT2D eigenvalue weighted by atomic mass is 10.0. The molecular weight excluding hydrogens is 592 g/mol. The van der Waals surface area contributed by atoms with Crippen molar-refractivity contribution < 1.29 is 39.8 Å². The third kappa shape index (κ3) is 5.51. The Morgan fingerprint density at radius 3 is 1.93 bits per heavy atom. The lowest BCUT2D eigenvalue weighted by molar-refractivity contribution is 0.348. The monoisotopic (exact) mass is 623 g/mol. The van der Waals surface area contributed by atoms with Crippen molar-refractivity contribution in [2.24, 2.45) is 0 Å². The SMILES string of the molecule is COc1cc2c(cc1OC)CN(S(=O)(=O)c1ccc(OC)c(N3CCN(S(=O)(=O)c4ccc(F)cc4F)CC3)c1)CC2. The van der Waals surface area contributed by atoms with Crippen LogP contribution in [0.4, 0.5) is 14.5 Å². The van der Waals surface area contributed by atoms with E-state index in [-0.39, 0.29) is 44.2 Å². The van der Waals surface area contributed by atoms with Crippen LogP contribution in [0.15, 0.2) is 58.3 Å². The number of ether oxygens (including phenoxy) is 3. The van der Waals surface area contributed by atoms with Gasteiger partial charge in [-0.1, -0.05) is 0 Å². The van der Waals surface area contributed by atoms with Crippen LogP contribution in [0.1, 0.15) is 11.1 Å². The molecule has 42 heavy (non-hydrogen) atoms. The highest BCUT2D eigenvalue weighted by Gasteiger charge is 2.33. The van der Waals surface area contributed by atoms with E-state index in [0.29, 0.717) is 35.4 Å². The largest absolute Gasteiger partial charge is 0.495 e. The molecule has 1 saturated heterocycles. The van der Waals surface area contributed by atoms with Crippen molar-refractivity contribution in [1.29, 1.82) is 0 Å². The normalized spacial score (nSPS) is 16.6. The van der Waals surface area contributed by atoms with E-state index in [4.69, 9.17) is 14.2 Å². The minimum Gasteiger partial charge on any atom is -0.495 e. The van der Waals surface area contributed by atoms with E-state index < -0.39 is 36.6 Å². The molecule has 2 aliphatic rings. The number of fused-ring (bicyclic) bond motifs is 1. The number of nitrogens with zero attached hydrogens (tertiary/aromatic N) is 3. The molecule has 226 valence electrons. The highest BCUT2D eigenvalue weighted by Crippen LogP contribution is 2.37. The Hall–Kier alpha value is -3.46. The average molecular weight is 624 g/mol. The number of benzene rings is 3. The molecule has 3 aromatic rings. The number of rotatable bonds is 8. The summed E-state index contributed by atoms with van der Waals surface area (Å²) in [4.78, 5) is 1.31. The molecule has 3 aromatic carbocycles. The summed E-state index contributed by atoms with van der Waals surface area (Å²) in [5, 5.41) is 0. The van der Waals surface area contributed by atoms with E-state index in [9.17, 15) is 25.6 Å². The highest BCUT2D eigenvalue weighted by atomic mass is 32.2. The number of halogens is 2. The molecular formula is C28H31F2N3O7S2. The van der Waals surface area contributed by atoms with Crippen LogP contribution in [-0.2, 0) is 33.0 Å². The predicted molar refractivity (Wildman–Crippen MR) is 151 cm³/mol. The maximum atomic E-state index is 14.3. The van der Waals surface area contributed by atoms with E-state index in [1.165, 1.54) is 30.7 Å². The molecule has 0 bridgehead atoms. The van der Waals surface area contributed by atoms with Crippen LogP contribution < -0.4 is 19.1 Å². The van der Waals surface area contributed by atoms with Crippen LogP contribution in [0.2, 0.25) is 0 Å². The van der Waals surface area contributed by atoms with Crippen molar-refractivity contribution in [3.05, 3.63) is 71.3 Å². The number of hydrogen-bond acceptors (Lipinski definition) is 8. The van der Waals surface area contributed by atoms with Gasteiger partial charge in [0.1, 0.15) is 22.3 Å². The zero-order valence-corrected chi connectivity index (χ0v) is 25.0. The molecule has 0 radical (unpaired) electrons. The zero-order chi connectivity index (χ0) is 30.2. The second-order valence-corrected chi connectivity index (χ2v) is 13.7. The van der Waals surface area contributed by atoms with Crippen LogP contribution in [0.3, 0.4) is 0 Å². The van der Waals surface area contributed by atoms with Gasteiger partial charge in [-0.3, -0.25) is 0 Å². The van der Waals surface area contributed by atoms with Gasteiger partial charge in [0.05, 0.1) is 31.9 Å². The summed E-state index contributed by atoms with van der Waals surface area (Å²) in [5.74, 6) is -0.494. The van der Waals surface area contributed by atoms with Crippen molar-refractivity contribution >= 4 is 25.7 Å². The van der Waals surface area contributed by atoms with Gasteiger partial charge in [-0.25, -0.2) is 25.6 Å². The van der Waals surface area contributed by atoms with E-state index in [1.807, 2.05) is 11.0 Å². The molecule has 0 N–H and O–H groups in total. The molecule has 5 rings (SSSR count). The summed E-state index contributed by atoms with van der Waals surface area (Å²) in [7, 11) is -3.56. The van der Waals surface area contributed by atoms with Crippen LogP contribution in [0.5, 0.6) is 17.2 Å². The van der Waals surface area contributed by atoms with E-state index >= 15 is 0 Å². The smallest absolute Gasteiger partial charge is 0.246 e. The Balaban J connectivity index is 1.37. The Kier molecular flexibility index (Phi) is 8.34. The Labute approximate surface area is 244 Å².